The number of nitrogens with zero attached hydrogens (tertiary/aromatic N) is 3. The Kier molecular flexibility index (Phi) is 4.59. The van der Waals surface area contributed by atoms with Gasteiger partial charge in [0.2, 0.25) is 0 Å². The molecule has 2 aliphatic rings. The number of benzene rings is 2. The highest BCUT2D eigenvalue weighted by Crippen LogP contribution is 2.41. The van der Waals surface area contributed by atoms with Gasteiger partial charge in [-0.25, -0.2) is 9.97 Å². The molecule has 5 nitrogen and oxygen atoms in total. The molecule has 3 heterocycles. The van der Waals surface area contributed by atoms with Gasteiger partial charge in [0, 0.05) is 55.2 Å². The van der Waals surface area contributed by atoms with Crippen molar-refractivity contribution in [3.05, 3.63) is 60.4 Å². The molecule has 5 rings (SSSR count). The predicted octanol–water partition coefficient (Wildman–Crippen LogP) is 3.13. The molecule has 2 aliphatic heterocycles. The fourth-order valence-electron chi connectivity index (χ4n) is 4.81. The first-order valence-corrected chi connectivity index (χ1v) is 9.97. The average molecular weight is 375 g/mol. The molecular weight excluding hydrogens is 350 g/mol. The second-order valence-corrected chi connectivity index (χ2v) is 8.17. The topological polar surface area (TPSA) is 58.5 Å². The number of aromatic nitrogens is 2. The van der Waals surface area contributed by atoms with Crippen molar-refractivity contribution in [1.29, 1.82) is 0 Å². The van der Waals surface area contributed by atoms with Crippen molar-refractivity contribution in [3.8, 4) is 11.4 Å². The number of fused-ring (bicyclic) bond motifs is 2. The Labute approximate surface area is 165 Å². The van der Waals surface area contributed by atoms with Crippen LogP contribution in [0.3, 0.4) is 0 Å². The highest BCUT2D eigenvalue weighted by molar-refractivity contribution is 5.94. The molecule has 2 aromatic carbocycles. The minimum absolute atomic E-state index is 0.0952. The Morgan fingerprint density at radius 3 is 2.75 bits per heavy atom. The van der Waals surface area contributed by atoms with Crippen LogP contribution in [0.5, 0.6) is 0 Å². The second-order valence-electron chi connectivity index (χ2n) is 8.17. The van der Waals surface area contributed by atoms with E-state index in [2.05, 4.69) is 45.2 Å². The lowest BCUT2D eigenvalue weighted by Crippen LogP contribution is -2.42. The first-order valence-electron chi connectivity index (χ1n) is 9.97. The van der Waals surface area contributed by atoms with Crippen LogP contribution in [0.2, 0.25) is 0 Å². The molecule has 0 aliphatic carbocycles. The molecule has 28 heavy (non-hydrogen) atoms. The third kappa shape index (κ3) is 3.09. The van der Waals surface area contributed by atoms with Gasteiger partial charge in [0.25, 0.3) is 0 Å². The van der Waals surface area contributed by atoms with Crippen LogP contribution in [-0.4, -0.2) is 52.9 Å². The Balaban J connectivity index is 1.35. The van der Waals surface area contributed by atoms with Crippen molar-refractivity contribution in [3.63, 3.8) is 0 Å². The molecule has 0 bridgehead atoms. The summed E-state index contributed by atoms with van der Waals surface area (Å²) < 4.78 is 5.66. The van der Waals surface area contributed by atoms with Crippen LogP contribution in [0.4, 0.5) is 0 Å². The number of aliphatic hydroxyl groups excluding tert-OH is 1. The van der Waals surface area contributed by atoms with Crippen molar-refractivity contribution in [2.75, 3.05) is 32.9 Å². The van der Waals surface area contributed by atoms with Crippen LogP contribution in [0, 0.1) is 11.3 Å². The Bertz CT molecular complexity index is 970. The van der Waals surface area contributed by atoms with Gasteiger partial charge < -0.3 is 9.84 Å². The maximum absolute atomic E-state index is 9.95. The van der Waals surface area contributed by atoms with Crippen LogP contribution >= 0.6 is 0 Å². The van der Waals surface area contributed by atoms with E-state index in [4.69, 9.17) is 4.74 Å². The normalized spacial score (nSPS) is 25.1. The SMILES string of the molecule is OC[C@]12COCC[C@H]1CN(Cc1cnc(-c3cccc4ccccc34)nc1)C2. The Morgan fingerprint density at radius 2 is 1.93 bits per heavy atom. The minimum Gasteiger partial charge on any atom is -0.396 e. The Morgan fingerprint density at radius 1 is 1.11 bits per heavy atom. The summed E-state index contributed by atoms with van der Waals surface area (Å²) in [7, 11) is 0. The molecule has 5 heteroatoms. The van der Waals surface area contributed by atoms with E-state index >= 15 is 0 Å². The van der Waals surface area contributed by atoms with E-state index in [-0.39, 0.29) is 12.0 Å². The summed E-state index contributed by atoms with van der Waals surface area (Å²) in [5, 5.41) is 12.3. The molecule has 1 aromatic heterocycles. The summed E-state index contributed by atoms with van der Waals surface area (Å²) in [5.74, 6) is 1.28. The first-order chi connectivity index (χ1) is 13.8. The number of hydrogen-bond donors (Lipinski definition) is 1. The van der Waals surface area contributed by atoms with Crippen molar-refractivity contribution in [1.82, 2.24) is 14.9 Å². The van der Waals surface area contributed by atoms with Crippen molar-refractivity contribution in [2.45, 2.75) is 13.0 Å². The lowest BCUT2D eigenvalue weighted by atomic mass is 9.76. The third-order valence-electron chi connectivity index (χ3n) is 6.34. The van der Waals surface area contributed by atoms with Crippen molar-refractivity contribution >= 4 is 10.8 Å². The van der Waals surface area contributed by atoms with Gasteiger partial charge in [0.05, 0.1) is 13.2 Å². The molecule has 0 amide bonds. The van der Waals surface area contributed by atoms with Gasteiger partial charge in [-0.3, -0.25) is 4.90 Å². The molecule has 2 saturated heterocycles. The lowest BCUT2D eigenvalue weighted by Gasteiger charge is -2.36. The van der Waals surface area contributed by atoms with Gasteiger partial charge in [-0.1, -0.05) is 42.5 Å². The van der Waals surface area contributed by atoms with Crippen molar-refractivity contribution in [2.24, 2.45) is 11.3 Å². The van der Waals surface area contributed by atoms with Crippen molar-refractivity contribution < 1.29 is 9.84 Å². The Hall–Kier alpha value is -2.34. The van der Waals surface area contributed by atoms with E-state index in [0.29, 0.717) is 12.5 Å². The van der Waals surface area contributed by atoms with E-state index in [1.165, 1.54) is 10.8 Å². The number of aliphatic hydroxyl groups is 1. The summed E-state index contributed by atoms with van der Waals surface area (Å²) in [5.41, 5.74) is 2.08. The maximum atomic E-state index is 9.95. The summed E-state index contributed by atoms with van der Waals surface area (Å²) in [4.78, 5) is 11.7. The molecule has 3 aromatic rings. The van der Waals surface area contributed by atoms with E-state index in [1.807, 2.05) is 24.5 Å². The van der Waals surface area contributed by atoms with Crippen LogP contribution in [0.1, 0.15) is 12.0 Å². The zero-order valence-electron chi connectivity index (χ0n) is 15.9. The van der Waals surface area contributed by atoms with Gasteiger partial charge in [-0.2, -0.15) is 0 Å². The zero-order chi connectivity index (χ0) is 19.0. The smallest absolute Gasteiger partial charge is 0.159 e. The largest absolute Gasteiger partial charge is 0.396 e. The van der Waals surface area contributed by atoms with E-state index in [0.717, 1.165) is 49.6 Å². The molecule has 0 saturated carbocycles. The number of likely N-dealkylation sites (tertiary alicyclic amines) is 1. The quantitative estimate of drug-likeness (QED) is 0.759. The summed E-state index contributed by atoms with van der Waals surface area (Å²) in [6, 6.07) is 14.6. The van der Waals surface area contributed by atoms with Gasteiger partial charge in [-0.15, -0.1) is 0 Å². The molecule has 0 radical (unpaired) electrons. The predicted molar refractivity (Wildman–Crippen MR) is 109 cm³/mol. The molecule has 144 valence electrons. The van der Waals surface area contributed by atoms with Crippen LogP contribution in [0.15, 0.2) is 54.9 Å². The highest BCUT2D eigenvalue weighted by Gasteiger charge is 2.47. The summed E-state index contributed by atoms with van der Waals surface area (Å²) in [6.45, 7) is 4.37. The molecule has 2 fully saturated rings. The van der Waals surface area contributed by atoms with Gasteiger partial charge in [-0.05, 0) is 23.1 Å². The molecule has 0 spiro atoms. The fourth-order valence-corrected chi connectivity index (χ4v) is 4.81. The standard InChI is InChI=1S/C23H25N3O2/c27-15-23-14-26(13-19(23)8-9-28-16-23)12-17-10-24-22(25-11-17)21-7-3-5-18-4-1-2-6-20(18)21/h1-7,10-11,19,27H,8-9,12-16H2/t19-,23+/m0/s1. The summed E-state index contributed by atoms with van der Waals surface area (Å²) >= 11 is 0. The monoisotopic (exact) mass is 375 g/mol. The fraction of sp³-hybridized carbons (Fsp3) is 0.391. The van der Waals surface area contributed by atoms with Crippen LogP contribution in [-0.2, 0) is 11.3 Å². The van der Waals surface area contributed by atoms with E-state index in [1.54, 1.807) is 0 Å². The second kappa shape index (κ2) is 7.24. The van der Waals surface area contributed by atoms with Gasteiger partial charge >= 0.3 is 0 Å². The number of ether oxygens (including phenoxy) is 1. The van der Waals surface area contributed by atoms with Crippen LogP contribution < -0.4 is 0 Å². The minimum atomic E-state index is -0.0952. The lowest BCUT2D eigenvalue weighted by molar-refractivity contribution is -0.0561. The third-order valence-corrected chi connectivity index (χ3v) is 6.34. The zero-order valence-corrected chi connectivity index (χ0v) is 15.9. The highest BCUT2D eigenvalue weighted by atomic mass is 16.5. The number of rotatable bonds is 4. The van der Waals surface area contributed by atoms with E-state index in [9.17, 15) is 5.11 Å². The molecule has 2 atom stereocenters. The number of hydrogen-bond acceptors (Lipinski definition) is 5. The molecule has 1 N–H and O–H groups in total. The average Bonchev–Trinajstić information content (AvgIpc) is 3.12. The molecular formula is C23H25N3O2. The van der Waals surface area contributed by atoms with Crippen LogP contribution in [0.25, 0.3) is 22.2 Å². The van der Waals surface area contributed by atoms with Gasteiger partial charge in [0.1, 0.15) is 0 Å². The first kappa shape index (κ1) is 17.7. The summed E-state index contributed by atoms with van der Waals surface area (Å²) in [6.07, 6.45) is 4.91. The van der Waals surface area contributed by atoms with Gasteiger partial charge in [0.15, 0.2) is 5.82 Å². The molecule has 0 unspecified atom stereocenters. The van der Waals surface area contributed by atoms with E-state index < -0.39 is 0 Å². The maximum Gasteiger partial charge on any atom is 0.159 e.